The minimum atomic E-state index is -3.81. The van der Waals surface area contributed by atoms with Crippen LogP contribution in [0.3, 0.4) is 0 Å². The molecule has 0 radical (unpaired) electrons. The van der Waals surface area contributed by atoms with Gasteiger partial charge in [0.2, 0.25) is 0 Å². The summed E-state index contributed by atoms with van der Waals surface area (Å²) >= 11 is 0.769. The van der Waals surface area contributed by atoms with Crippen molar-refractivity contribution >= 4 is 49.5 Å². The monoisotopic (exact) mass is 398 g/mol. The molecule has 6 nitrogen and oxygen atoms in total. The quantitative estimate of drug-likeness (QED) is 0.626. The van der Waals surface area contributed by atoms with E-state index in [0.717, 1.165) is 26.2 Å². The number of aromatic nitrogens is 1. The van der Waals surface area contributed by atoms with E-state index in [0.29, 0.717) is 16.6 Å². The van der Waals surface area contributed by atoms with E-state index >= 15 is 0 Å². The molecule has 0 unspecified atom stereocenters. The first-order valence-electron chi connectivity index (χ1n) is 7.98. The van der Waals surface area contributed by atoms with Crippen molar-refractivity contribution in [3.63, 3.8) is 0 Å². The van der Waals surface area contributed by atoms with Gasteiger partial charge in [-0.25, -0.2) is 17.3 Å². The largest absolute Gasteiger partial charge is 0.298 e. The molecule has 0 saturated carbocycles. The second-order valence-corrected chi connectivity index (χ2v) is 8.93. The van der Waals surface area contributed by atoms with Crippen LogP contribution in [0.2, 0.25) is 0 Å². The van der Waals surface area contributed by atoms with Gasteiger partial charge in [-0.3, -0.25) is 9.59 Å². The third-order valence-electron chi connectivity index (χ3n) is 4.33. The van der Waals surface area contributed by atoms with Gasteiger partial charge in [0, 0.05) is 11.6 Å². The lowest BCUT2D eigenvalue weighted by atomic mass is 10.2. The molecule has 1 saturated heterocycles. The maximum atomic E-state index is 13.0. The Morgan fingerprint density at radius 3 is 2.33 bits per heavy atom. The Morgan fingerprint density at radius 1 is 1.00 bits per heavy atom. The van der Waals surface area contributed by atoms with Crippen molar-refractivity contribution in [1.29, 1.82) is 0 Å². The summed E-state index contributed by atoms with van der Waals surface area (Å²) < 4.78 is 27.2. The highest BCUT2D eigenvalue weighted by Crippen LogP contribution is 2.37. The number of anilines is 1. The summed E-state index contributed by atoms with van der Waals surface area (Å²) in [6.07, 6.45) is 1.43. The molecular formula is C19H14N2O4S2. The van der Waals surface area contributed by atoms with E-state index in [4.69, 9.17) is 0 Å². The van der Waals surface area contributed by atoms with Crippen LogP contribution >= 0.6 is 11.8 Å². The molecule has 1 aliphatic heterocycles. The van der Waals surface area contributed by atoms with Gasteiger partial charge in [-0.15, -0.1) is 0 Å². The predicted octanol–water partition coefficient (Wildman–Crippen LogP) is 3.90. The summed E-state index contributed by atoms with van der Waals surface area (Å²) in [6, 6.07) is 13.0. The Hall–Kier alpha value is -2.84. The molecular weight excluding hydrogens is 384 g/mol. The summed E-state index contributed by atoms with van der Waals surface area (Å²) in [7, 11) is -3.81. The van der Waals surface area contributed by atoms with Crippen LogP contribution in [-0.2, 0) is 14.8 Å². The SMILES string of the molecule is C=C1SC(=O)N(c2cccc3c2ccn3S(=O)(=O)c2ccc(C)cc2)C1=O. The zero-order valence-electron chi connectivity index (χ0n) is 14.2. The van der Waals surface area contributed by atoms with Crippen LogP contribution in [0.25, 0.3) is 10.9 Å². The van der Waals surface area contributed by atoms with Crippen LogP contribution in [0.1, 0.15) is 5.56 Å². The van der Waals surface area contributed by atoms with E-state index < -0.39 is 21.2 Å². The normalized spacial score (nSPS) is 15.1. The number of hydrogen-bond donors (Lipinski definition) is 0. The average Bonchev–Trinajstić information content (AvgIpc) is 3.17. The fraction of sp³-hybridized carbons (Fsp3) is 0.0526. The van der Waals surface area contributed by atoms with Crippen LogP contribution in [0.4, 0.5) is 10.5 Å². The number of amides is 2. The first-order chi connectivity index (χ1) is 12.8. The van der Waals surface area contributed by atoms with E-state index in [-0.39, 0.29) is 9.80 Å². The Balaban J connectivity index is 1.89. The lowest BCUT2D eigenvalue weighted by Crippen LogP contribution is -2.27. The minimum absolute atomic E-state index is 0.142. The van der Waals surface area contributed by atoms with Crippen molar-refractivity contribution < 1.29 is 18.0 Å². The van der Waals surface area contributed by atoms with Crippen molar-refractivity contribution in [2.75, 3.05) is 4.90 Å². The van der Waals surface area contributed by atoms with Crippen LogP contribution in [-0.4, -0.2) is 23.5 Å². The molecule has 27 heavy (non-hydrogen) atoms. The third-order valence-corrected chi connectivity index (χ3v) is 6.81. The zero-order valence-corrected chi connectivity index (χ0v) is 15.9. The highest BCUT2D eigenvalue weighted by molar-refractivity contribution is 8.18. The molecule has 2 amide bonds. The Bertz CT molecular complexity index is 1220. The van der Waals surface area contributed by atoms with E-state index in [2.05, 4.69) is 6.58 Å². The summed E-state index contributed by atoms with van der Waals surface area (Å²) in [4.78, 5) is 25.8. The number of imide groups is 1. The standard InChI is InChI=1S/C19H14N2O4S2/c1-12-6-8-14(9-7-12)27(24,25)20-11-10-15-16(20)4-3-5-17(15)21-18(22)13(2)26-19(21)23/h3-11H,2H2,1H3. The lowest BCUT2D eigenvalue weighted by Gasteiger charge is -2.14. The first-order valence-corrected chi connectivity index (χ1v) is 10.2. The number of carbonyl (C=O) groups excluding carboxylic acids is 2. The third kappa shape index (κ3) is 2.68. The van der Waals surface area contributed by atoms with Gasteiger partial charge in [0.1, 0.15) is 0 Å². The van der Waals surface area contributed by atoms with Crippen molar-refractivity contribution in [2.24, 2.45) is 0 Å². The van der Waals surface area contributed by atoms with E-state index in [1.54, 1.807) is 48.5 Å². The van der Waals surface area contributed by atoms with Gasteiger partial charge in [0.05, 0.1) is 21.0 Å². The molecule has 0 atom stereocenters. The zero-order chi connectivity index (χ0) is 19.3. The van der Waals surface area contributed by atoms with Gasteiger partial charge in [-0.05, 0) is 49.0 Å². The number of fused-ring (bicyclic) bond motifs is 1. The molecule has 1 fully saturated rings. The molecule has 0 N–H and O–H groups in total. The molecule has 1 aliphatic rings. The Kier molecular flexibility index (Phi) is 3.97. The van der Waals surface area contributed by atoms with Gasteiger partial charge < -0.3 is 0 Å². The Morgan fingerprint density at radius 2 is 1.70 bits per heavy atom. The van der Waals surface area contributed by atoms with E-state index in [1.165, 1.54) is 6.20 Å². The summed E-state index contributed by atoms with van der Waals surface area (Å²) in [6.45, 7) is 5.46. The molecule has 0 spiro atoms. The molecule has 1 aromatic heterocycles. The molecule has 0 bridgehead atoms. The van der Waals surface area contributed by atoms with Crippen molar-refractivity contribution in [3.05, 3.63) is 71.8 Å². The number of benzene rings is 2. The van der Waals surface area contributed by atoms with Gasteiger partial charge in [0.15, 0.2) is 0 Å². The molecule has 136 valence electrons. The van der Waals surface area contributed by atoms with Crippen LogP contribution in [0.5, 0.6) is 0 Å². The maximum Gasteiger partial charge on any atom is 0.298 e. The van der Waals surface area contributed by atoms with Gasteiger partial charge in [-0.1, -0.05) is 30.3 Å². The van der Waals surface area contributed by atoms with E-state index in [1.807, 2.05) is 6.92 Å². The van der Waals surface area contributed by atoms with Gasteiger partial charge in [-0.2, -0.15) is 0 Å². The summed E-state index contributed by atoms with van der Waals surface area (Å²) in [5.41, 5.74) is 1.68. The first kappa shape index (κ1) is 17.6. The number of rotatable bonds is 3. The predicted molar refractivity (Wildman–Crippen MR) is 105 cm³/mol. The highest BCUT2D eigenvalue weighted by Gasteiger charge is 2.36. The molecule has 2 aromatic carbocycles. The fourth-order valence-corrected chi connectivity index (χ4v) is 4.97. The number of hydrogen-bond acceptors (Lipinski definition) is 5. The second-order valence-electron chi connectivity index (χ2n) is 6.07. The minimum Gasteiger partial charge on any atom is -0.268 e. The van der Waals surface area contributed by atoms with Crippen molar-refractivity contribution in [2.45, 2.75) is 11.8 Å². The molecule has 0 aliphatic carbocycles. The number of nitrogens with zero attached hydrogens (tertiary/aromatic N) is 2. The molecule has 8 heteroatoms. The van der Waals surface area contributed by atoms with Crippen LogP contribution in [0.15, 0.2) is 71.1 Å². The number of carbonyl (C=O) groups is 2. The average molecular weight is 398 g/mol. The second kappa shape index (κ2) is 6.11. The number of aryl methyl sites for hydroxylation is 1. The molecule has 3 aromatic rings. The fourth-order valence-electron chi connectivity index (χ4n) is 2.97. The summed E-state index contributed by atoms with van der Waals surface area (Å²) in [5, 5.41) is 0.0387. The van der Waals surface area contributed by atoms with Crippen molar-refractivity contribution in [1.82, 2.24) is 3.97 Å². The maximum absolute atomic E-state index is 13.0. The molecule has 2 heterocycles. The van der Waals surface area contributed by atoms with Gasteiger partial charge in [0.25, 0.3) is 21.2 Å². The van der Waals surface area contributed by atoms with E-state index in [9.17, 15) is 18.0 Å². The Labute approximate surface area is 160 Å². The lowest BCUT2D eigenvalue weighted by molar-refractivity contribution is -0.113. The van der Waals surface area contributed by atoms with Crippen LogP contribution in [0, 0.1) is 6.92 Å². The van der Waals surface area contributed by atoms with Crippen LogP contribution < -0.4 is 4.90 Å². The smallest absolute Gasteiger partial charge is 0.268 e. The highest BCUT2D eigenvalue weighted by atomic mass is 32.2. The van der Waals surface area contributed by atoms with Crippen molar-refractivity contribution in [3.8, 4) is 0 Å². The summed E-state index contributed by atoms with van der Waals surface area (Å²) in [5.74, 6) is -0.494. The topological polar surface area (TPSA) is 76.5 Å². The van der Waals surface area contributed by atoms with Gasteiger partial charge >= 0.3 is 0 Å². The number of thioether (sulfide) groups is 1. The molecule has 4 rings (SSSR count).